The number of benzene rings is 2. The lowest BCUT2D eigenvalue weighted by Gasteiger charge is -2.11. The van der Waals surface area contributed by atoms with Gasteiger partial charge in [-0.3, -0.25) is 0 Å². The molecule has 8 heteroatoms. The number of ether oxygens (including phenoxy) is 2. The van der Waals surface area contributed by atoms with Gasteiger partial charge < -0.3 is 20.5 Å². The Morgan fingerprint density at radius 1 is 1.00 bits per heavy atom. The van der Waals surface area contributed by atoms with Crippen LogP contribution in [0.25, 0.3) is 11.4 Å². The standard InChI is InChI=1S/C17H16ClN5O2/c1-24-12-5-3-4-11(9-12)20-17-22-15(21-16(19)23-17)13-8-10(18)6-7-14(13)25-2/h3-9H,1-2H3,(H3,19,20,21,22,23). The highest BCUT2D eigenvalue weighted by Crippen LogP contribution is 2.31. The van der Waals surface area contributed by atoms with E-state index in [0.717, 1.165) is 5.69 Å². The minimum absolute atomic E-state index is 0.0809. The minimum Gasteiger partial charge on any atom is -0.497 e. The van der Waals surface area contributed by atoms with Crippen LogP contribution in [0.4, 0.5) is 17.6 Å². The van der Waals surface area contributed by atoms with Crippen LogP contribution in [0.1, 0.15) is 0 Å². The molecule has 0 radical (unpaired) electrons. The number of nitrogens with zero attached hydrogens (tertiary/aromatic N) is 3. The summed E-state index contributed by atoms with van der Waals surface area (Å²) < 4.78 is 10.5. The molecule has 0 atom stereocenters. The van der Waals surface area contributed by atoms with Crippen molar-refractivity contribution in [3.8, 4) is 22.9 Å². The summed E-state index contributed by atoms with van der Waals surface area (Å²) in [6, 6.07) is 12.6. The first-order valence-electron chi connectivity index (χ1n) is 7.35. The largest absolute Gasteiger partial charge is 0.497 e. The molecular formula is C17H16ClN5O2. The predicted octanol–water partition coefficient (Wildman–Crippen LogP) is 3.54. The Morgan fingerprint density at radius 2 is 1.84 bits per heavy atom. The lowest BCUT2D eigenvalue weighted by molar-refractivity contribution is 0.415. The Labute approximate surface area is 149 Å². The molecule has 128 valence electrons. The molecular weight excluding hydrogens is 342 g/mol. The quantitative estimate of drug-likeness (QED) is 0.721. The fourth-order valence-electron chi connectivity index (χ4n) is 2.25. The first-order chi connectivity index (χ1) is 12.1. The number of aromatic nitrogens is 3. The molecule has 3 rings (SSSR count). The zero-order valence-corrected chi connectivity index (χ0v) is 14.4. The molecule has 3 N–H and O–H groups in total. The summed E-state index contributed by atoms with van der Waals surface area (Å²) in [5.41, 5.74) is 7.22. The SMILES string of the molecule is COc1cccc(Nc2nc(N)nc(-c3cc(Cl)ccc3OC)n2)c1. The van der Waals surface area contributed by atoms with Gasteiger partial charge in [-0.1, -0.05) is 17.7 Å². The number of hydrogen-bond acceptors (Lipinski definition) is 7. The maximum Gasteiger partial charge on any atom is 0.232 e. The van der Waals surface area contributed by atoms with Crippen LogP contribution in [0.15, 0.2) is 42.5 Å². The Bertz CT molecular complexity index is 904. The predicted molar refractivity (Wildman–Crippen MR) is 97.5 cm³/mol. The van der Waals surface area contributed by atoms with Gasteiger partial charge in [0.05, 0.1) is 19.8 Å². The molecule has 0 aliphatic rings. The van der Waals surface area contributed by atoms with Crippen LogP contribution in [0.5, 0.6) is 11.5 Å². The van der Waals surface area contributed by atoms with E-state index < -0.39 is 0 Å². The highest BCUT2D eigenvalue weighted by molar-refractivity contribution is 6.30. The van der Waals surface area contributed by atoms with Gasteiger partial charge in [-0.25, -0.2) is 0 Å². The van der Waals surface area contributed by atoms with Crippen LogP contribution in [-0.4, -0.2) is 29.2 Å². The van der Waals surface area contributed by atoms with Gasteiger partial charge in [0.1, 0.15) is 11.5 Å². The summed E-state index contributed by atoms with van der Waals surface area (Å²) in [5, 5.41) is 3.62. The van der Waals surface area contributed by atoms with Crippen LogP contribution in [0.2, 0.25) is 5.02 Å². The molecule has 1 heterocycles. The minimum atomic E-state index is 0.0809. The van der Waals surface area contributed by atoms with E-state index in [9.17, 15) is 0 Å². The summed E-state index contributed by atoms with van der Waals surface area (Å²) in [4.78, 5) is 12.7. The molecule has 0 amide bonds. The molecule has 0 spiro atoms. The number of nitrogens with two attached hydrogens (primary N) is 1. The van der Waals surface area contributed by atoms with Gasteiger partial charge in [-0.2, -0.15) is 15.0 Å². The summed E-state index contributed by atoms with van der Waals surface area (Å²) in [7, 11) is 3.16. The third kappa shape index (κ3) is 3.89. The van der Waals surface area contributed by atoms with Crippen molar-refractivity contribution in [3.63, 3.8) is 0 Å². The summed E-state index contributed by atoms with van der Waals surface area (Å²) in [6.45, 7) is 0. The zero-order chi connectivity index (χ0) is 17.8. The van der Waals surface area contributed by atoms with Crippen LogP contribution in [-0.2, 0) is 0 Å². The third-order valence-electron chi connectivity index (χ3n) is 3.38. The van der Waals surface area contributed by atoms with E-state index in [1.54, 1.807) is 32.4 Å². The third-order valence-corrected chi connectivity index (χ3v) is 3.62. The van der Waals surface area contributed by atoms with Gasteiger partial charge >= 0.3 is 0 Å². The molecule has 7 nitrogen and oxygen atoms in total. The van der Waals surface area contributed by atoms with E-state index in [1.807, 2.05) is 24.3 Å². The molecule has 25 heavy (non-hydrogen) atoms. The fourth-order valence-corrected chi connectivity index (χ4v) is 2.43. The fraction of sp³-hybridized carbons (Fsp3) is 0.118. The Kier molecular flexibility index (Phi) is 4.85. The van der Waals surface area contributed by atoms with Crippen molar-refractivity contribution in [2.45, 2.75) is 0 Å². The number of halogens is 1. The van der Waals surface area contributed by atoms with E-state index in [0.29, 0.717) is 33.9 Å². The summed E-state index contributed by atoms with van der Waals surface area (Å²) in [5.74, 6) is 2.04. The Hall–Kier alpha value is -3.06. The second-order valence-electron chi connectivity index (χ2n) is 5.04. The molecule has 1 aromatic heterocycles. The van der Waals surface area contributed by atoms with E-state index >= 15 is 0 Å². The zero-order valence-electron chi connectivity index (χ0n) is 13.7. The maximum atomic E-state index is 6.08. The monoisotopic (exact) mass is 357 g/mol. The number of methoxy groups -OCH3 is 2. The Balaban J connectivity index is 2.00. The van der Waals surface area contributed by atoms with Crippen LogP contribution < -0.4 is 20.5 Å². The molecule has 2 aromatic carbocycles. The van der Waals surface area contributed by atoms with Crippen LogP contribution in [0, 0.1) is 0 Å². The van der Waals surface area contributed by atoms with Gasteiger partial charge in [0.2, 0.25) is 11.9 Å². The Morgan fingerprint density at radius 3 is 2.60 bits per heavy atom. The number of nitrogen functional groups attached to an aromatic ring is 1. The van der Waals surface area contributed by atoms with E-state index in [1.165, 1.54) is 0 Å². The normalized spacial score (nSPS) is 10.4. The van der Waals surface area contributed by atoms with Crippen molar-refractivity contribution in [1.29, 1.82) is 0 Å². The number of rotatable bonds is 5. The van der Waals surface area contributed by atoms with Crippen molar-refractivity contribution in [2.75, 3.05) is 25.3 Å². The van der Waals surface area contributed by atoms with Gasteiger partial charge in [0, 0.05) is 16.8 Å². The number of nitrogens with one attached hydrogen (secondary N) is 1. The first-order valence-corrected chi connectivity index (χ1v) is 7.73. The van der Waals surface area contributed by atoms with Crippen molar-refractivity contribution >= 4 is 29.2 Å². The van der Waals surface area contributed by atoms with Gasteiger partial charge in [0.15, 0.2) is 5.82 Å². The van der Waals surface area contributed by atoms with Crippen molar-refractivity contribution < 1.29 is 9.47 Å². The lowest BCUT2D eigenvalue weighted by atomic mass is 10.2. The lowest BCUT2D eigenvalue weighted by Crippen LogP contribution is -2.05. The maximum absolute atomic E-state index is 6.08. The average Bonchev–Trinajstić information content (AvgIpc) is 2.61. The van der Waals surface area contributed by atoms with Crippen molar-refractivity contribution in [2.24, 2.45) is 0 Å². The van der Waals surface area contributed by atoms with Crippen LogP contribution in [0.3, 0.4) is 0 Å². The topological polar surface area (TPSA) is 95.2 Å². The molecule has 0 aliphatic carbocycles. The second-order valence-corrected chi connectivity index (χ2v) is 5.48. The molecule has 0 fully saturated rings. The van der Waals surface area contributed by atoms with Crippen molar-refractivity contribution in [3.05, 3.63) is 47.5 Å². The van der Waals surface area contributed by atoms with Crippen LogP contribution >= 0.6 is 11.6 Å². The highest BCUT2D eigenvalue weighted by atomic mass is 35.5. The average molecular weight is 358 g/mol. The van der Waals surface area contributed by atoms with Gasteiger partial charge in [-0.05, 0) is 30.3 Å². The van der Waals surface area contributed by atoms with E-state index in [-0.39, 0.29) is 5.95 Å². The van der Waals surface area contributed by atoms with Gasteiger partial charge in [-0.15, -0.1) is 0 Å². The van der Waals surface area contributed by atoms with E-state index in [4.69, 9.17) is 26.8 Å². The summed E-state index contributed by atoms with van der Waals surface area (Å²) >= 11 is 6.08. The van der Waals surface area contributed by atoms with Crippen molar-refractivity contribution in [1.82, 2.24) is 15.0 Å². The number of anilines is 3. The molecule has 0 saturated carbocycles. The molecule has 3 aromatic rings. The molecule has 0 aliphatic heterocycles. The summed E-state index contributed by atoms with van der Waals surface area (Å²) in [6.07, 6.45) is 0. The van der Waals surface area contributed by atoms with E-state index in [2.05, 4.69) is 20.3 Å². The first kappa shape index (κ1) is 16.8. The molecule has 0 saturated heterocycles. The molecule has 0 unspecified atom stereocenters. The van der Waals surface area contributed by atoms with Gasteiger partial charge in [0.25, 0.3) is 0 Å². The second kappa shape index (κ2) is 7.23. The highest BCUT2D eigenvalue weighted by Gasteiger charge is 2.13. The smallest absolute Gasteiger partial charge is 0.232 e. The number of hydrogen-bond donors (Lipinski definition) is 2. The molecule has 0 bridgehead atoms.